The summed E-state index contributed by atoms with van der Waals surface area (Å²) in [5, 5.41) is 1.86. The van der Waals surface area contributed by atoms with Gasteiger partial charge in [-0.15, -0.1) is 0 Å². The Bertz CT molecular complexity index is 621. The van der Waals surface area contributed by atoms with E-state index in [0.29, 0.717) is 0 Å². The highest BCUT2D eigenvalue weighted by Gasteiger charge is 2.38. The normalized spacial score (nSPS) is 11.2. The third-order valence-corrected chi connectivity index (χ3v) is 2.84. The Hall–Kier alpha value is -2.30. The molecule has 0 radical (unpaired) electrons. The van der Waals surface area contributed by atoms with E-state index < -0.39 is 12.1 Å². The molecule has 0 saturated carbocycles. The van der Waals surface area contributed by atoms with E-state index in [4.69, 9.17) is 0 Å². The number of hydrogen-bond donors (Lipinski definition) is 1. The van der Waals surface area contributed by atoms with E-state index >= 15 is 0 Å². The molecule has 0 aliphatic rings. The minimum atomic E-state index is -4.89. The van der Waals surface area contributed by atoms with Gasteiger partial charge in [0.05, 0.1) is 0 Å². The van der Waals surface area contributed by atoms with Gasteiger partial charge in [-0.2, -0.15) is 13.2 Å². The molecule has 5 heteroatoms. The number of aryl methyl sites for hydroxylation is 1. The fraction of sp³-hybridized carbons (Fsp3) is 0.133. The lowest BCUT2D eigenvalue weighted by Crippen LogP contribution is -2.29. The lowest BCUT2D eigenvalue weighted by atomic mass is 10.00. The molecule has 0 aliphatic heterocycles. The first-order valence-corrected chi connectivity index (χ1v) is 5.92. The molecule has 1 N–H and O–H groups in total. The summed E-state index contributed by atoms with van der Waals surface area (Å²) >= 11 is 0. The molecule has 0 atom stereocenters. The summed E-state index contributed by atoms with van der Waals surface area (Å²) in [6.45, 7) is 1.86. The molecule has 0 aliphatic carbocycles. The largest absolute Gasteiger partial charge is 0.471 e. The monoisotopic (exact) mass is 279 g/mol. The quantitative estimate of drug-likeness (QED) is 0.878. The summed E-state index contributed by atoms with van der Waals surface area (Å²) < 4.78 is 36.7. The van der Waals surface area contributed by atoms with Gasteiger partial charge in [0.2, 0.25) is 0 Å². The molecule has 1 amide bonds. The molecule has 0 spiro atoms. The van der Waals surface area contributed by atoms with Gasteiger partial charge in [0, 0.05) is 5.69 Å². The fourth-order valence-corrected chi connectivity index (χ4v) is 1.83. The van der Waals surface area contributed by atoms with Crippen LogP contribution in [-0.2, 0) is 4.79 Å². The number of alkyl halides is 3. The Morgan fingerprint density at radius 3 is 2.30 bits per heavy atom. The first kappa shape index (κ1) is 14.1. The lowest BCUT2D eigenvalue weighted by Gasteiger charge is -2.11. The molecule has 2 nitrogen and oxygen atoms in total. The third kappa shape index (κ3) is 3.17. The van der Waals surface area contributed by atoms with E-state index in [1.165, 1.54) is 12.1 Å². The number of anilines is 1. The predicted molar refractivity (Wildman–Crippen MR) is 71.3 cm³/mol. The van der Waals surface area contributed by atoms with Crippen molar-refractivity contribution in [2.24, 2.45) is 0 Å². The standard InChI is InChI=1S/C15H12F3NO/c1-10-7-8-12(19-14(20)15(16,17)18)9-13(10)11-5-3-2-4-6-11/h2-9H,1H3,(H,19,20). The van der Waals surface area contributed by atoms with Crippen molar-refractivity contribution in [1.29, 1.82) is 0 Å². The van der Waals surface area contributed by atoms with Crippen molar-refractivity contribution in [3.63, 3.8) is 0 Å². The van der Waals surface area contributed by atoms with Gasteiger partial charge in [0.15, 0.2) is 0 Å². The van der Waals surface area contributed by atoms with Crippen molar-refractivity contribution < 1.29 is 18.0 Å². The van der Waals surface area contributed by atoms with Crippen molar-refractivity contribution in [3.05, 3.63) is 54.1 Å². The zero-order valence-corrected chi connectivity index (χ0v) is 10.7. The van der Waals surface area contributed by atoms with Crippen molar-refractivity contribution in [2.75, 3.05) is 5.32 Å². The van der Waals surface area contributed by atoms with Crippen LogP contribution in [0.3, 0.4) is 0 Å². The zero-order valence-electron chi connectivity index (χ0n) is 10.7. The Morgan fingerprint density at radius 2 is 1.70 bits per heavy atom. The highest BCUT2D eigenvalue weighted by atomic mass is 19.4. The molecule has 0 saturated heterocycles. The van der Waals surface area contributed by atoms with Crippen molar-refractivity contribution in [1.82, 2.24) is 0 Å². The highest BCUT2D eigenvalue weighted by Crippen LogP contribution is 2.27. The average Bonchev–Trinajstić information content (AvgIpc) is 2.41. The van der Waals surface area contributed by atoms with E-state index in [1.807, 2.05) is 42.6 Å². The number of nitrogens with one attached hydrogen (secondary N) is 1. The number of amides is 1. The minimum Gasteiger partial charge on any atom is -0.318 e. The average molecular weight is 279 g/mol. The van der Waals surface area contributed by atoms with Crippen LogP contribution in [0.15, 0.2) is 48.5 Å². The van der Waals surface area contributed by atoms with E-state index in [2.05, 4.69) is 0 Å². The second-order valence-corrected chi connectivity index (χ2v) is 4.35. The van der Waals surface area contributed by atoms with Gasteiger partial charge in [-0.3, -0.25) is 4.79 Å². The number of halogens is 3. The van der Waals surface area contributed by atoms with Gasteiger partial charge < -0.3 is 5.32 Å². The first-order chi connectivity index (χ1) is 9.38. The summed E-state index contributed by atoms with van der Waals surface area (Å²) in [6.07, 6.45) is -4.89. The van der Waals surface area contributed by atoms with Gasteiger partial charge >= 0.3 is 12.1 Å². The van der Waals surface area contributed by atoms with Crippen LogP contribution in [0.1, 0.15) is 5.56 Å². The molecule has 104 valence electrons. The van der Waals surface area contributed by atoms with Crippen LogP contribution < -0.4 is 5.32 Å². The maximum absolute atomic E-state index is 12.2. The molecule has 2 aromatic carbocycles. The van der Waals surface area contributed by atoms with Crippen LogP contribution in [0.5, 0.6) is 0 Å². The maximum atomic E-state index is 12.2. The molecule has 2 aromatic rings. The third-order valence-electron chi connectivity index (χ3n) is 2.84. The van der Waals surface area contributed by atoms with Crippen LogP contribution in [0.4, 0.5) is 18.9 Å². The van der Waals surface area contributed by atoms with Crippen LogP contribution in [0.25, 0.3) is 11.1 Å². The molecule has 0 bridgehead atoms. The summed E-state index contributed by atoms with van der Waals surface area (Å²) in [5.41, 5.74) is 2.71. The molecule has 0 fully saturated rings. The second kappa shape index (κ2) is 5.36. The second-order valence-electron chi connectivity index (χ2n) is 4.35. The van der Waals surface area contributed by atoms with Crippen molar-refractivity contribution >= 4 is 11.6 Å². The summed E-state index contributed by atoms with van der Waals surface area (Å²) in [7, 11) is 0. The minimum absolute atomic E-state index is 0.122. The Kier molecular flexibility index (Phi) is 3.79. The van der Waals surface area contributed by atoms with Crippen LogP contribution in [0.2, 0.25) is 0 Å². The van der Waals surface area contributed by atoms with Gasteiger partial charge in [0.1, 0.15) is 0 Å². The fourth-order valence-electron chi connectivity index (χ4n) is 1.83. The number of carbonyl (C=O) groups excluding carboxylic acids is 1. The molecule has 20 heavy (non-hydrogen) atoms. The van der Waals surface area contributed by atoms with Gasteiger partial charge in [-0.05, 0) is 35.7 Å². The Balaban J connectivity index is 2.33. The van der Waals surface area contributed by atoms with Crippen LogP contribution in [-0.4, -0.2) is 12.1 Å². The number of rotatable bonds is 2. The predicted octanol–water partition coefficient (Wildman–Crippen LogP) is 4.16. The molecular formula is C15H12F3NO. The van der Waals surface area contributed by atoms with Gasteiger partial charge in [-0.25, -0.2) is 0 Å². The van der Waals surface area contributed by atoms with E-state index in [9.17, 15) is 18.0 Å². The van der Waals surface area contributed by atoms with Gasteiger partial charge in [0.25, 0.3) is 0 Å². The summed E-state index contributed by atoms with van der Waals surface area (Å²) in [5.74, 6) is -1.97. The maximum Gasteiger partial charge on any atom is 0.471 e. The smallest absolute Gasteiger partial charge is 0.318 e. The van der Waals surface area contributed by atoms with Crippen LogP contribution >= 0.6 is 0 Å². The zero-order chi connectivity index (χ0) is 14.8. The molecule has 0 aromatic heterocycles. The first-order valence-electron chi connectivity index (χ1n) is 5.92. The number of carbonyl (C=O) groups is 1. The topological polar surface area (TPSA) is 29.1 Å². The Morgan fingerprint density at radius 1 is 1.05 bits per heavy atom. The molecular weight excluding hydrogens is 267 g/mol. The molecule has 2 rings (SSSR count). The van der Waals surface area contributed by atoms with E-state index in [-0.39, 0.29) is 5.69 Å². The molecule has 0 unspecified atom stereocenters. The SMILES string of the molecule is Cc1ccc(NC(=O)C(F)(F)F)cc1-c1ccccc1. The van der Waals surface area contributed by atoms with E-state index in [0.717, 1.165) is 16.7 Å². The van der Waals surface area contributed by atoms with E-state index in [1.54, 1.807) is 6.07 Å². The van der Waals surface area contributed by atoms with Gasteiger partial charge in [-0.1, -0.05) is 36.4 Å². The van der Waals surface area contributed by atoms with Crippen LogP contribution in [0, 0.1) is 6.92 Å². The molecule has 0 heterocycles. The lowest BCUT2D eigenvalue weighted by molar-refractivity contribution is -0.167. The summed E-state index contributed by atoms with van der Waals surface area (Å²) in [6, 6.07) is 13.9. The number of benzene rings is 2. The van der Waals surface area contributed by atoms with Crippen molar-refractivity contribution in [2.45, 2.75) is 13.1 Å². The van der Waals surface area contributed by atoms with Crippen molar-refractivity contribution in [3.8, 4) is 11.1 Å². The summed E-state index contributed by atoms with van der Waals surface area (Å²) in [4.78, 5) is 10.9. The highest BCUT2D eigenvalue weighted by molar-refractivity contribution is 5.95. The number of hydrogen-bond acceptors (Lipinski definition) is 1. The Labute approximate surface area is 114 Å².